The highest BCUT2D eigenvalue weighted by Gasteiger charge is 2.36. The smallest absolute Gasteiger partial charge is 0.302 e. The zero-order valence-electron chi connectivity index (χ0n) is 26.1. The molecule has 0 bridgehead atoms. The molecule has 2 aromatic carbocycles. The number of imide groups is 1. The summed E-state index contributed by atoms with van der Waals surface area (Å²) in [6, 6.07) is 12.0. The van der Waals surface area contributed by atoms with Crippen molar-refractivity contribution >= 4 is 41.9 Å². The van der Waals surface area contributed by atoms with E-state index in [1.807, 2.05) is 4.57 Å². The molecule has 236 valence electrons. The lowest BCUT2D eigenvalue weighted by Gasteiger charge is -2.25. The number of carbonyl (C=O) groups is 4. The average Bonchev–Trinajstić information content (AvgIpc) is 3.41. The number of amides is 3. The highest BCUT2D eigenvalue weighted by atomic mass is 31.2. The number of hydrogen-bond acceptors (Lipinski definition) is 8. The normalized spacial score (nSPS) is 13.7. The van der Waals surface area contributed by atoms with Gasteiger partial charge >= 0.3 is 5.97 Å². The first kappa shape index (κ1) is 32.9. The molecule has 0 radical (unpaired) electrons. The monoisotopic (exact) mass is 624 g/mol. The second kappa shape index (κ2) is 14.2. The molecular formula is C32H41N4O7P. The van der Waals surface area contributed by atoms with Crippen LogP contribution in [0.2, 0.25) is 0 Å². The lowest BCUT2D eigenvalue weighted by atomic mass is 10.1. The van der Waals surface area contributed by atoms with Gasteiger partial charge in [0, 0.05) is 19.4 Å². The average molecular weight is 625 g/mol. The van der Waals surface area contributed by atoms with E-state index in [0.717, 1.165) is 19.3 Å². The number of esters is 1. The number of carbonyl (C=O) groups excluding carboxylic acids is 4. The second-order valence-electron chi connectivity index (χ2n) is 11.6. The maximum absolute atomic E-state index is 13.1. The SMILES string of the molecule is CCCCCC(=O)N(CCOc1ccc2nc(CN3C(=O)c4ccccc4C3=O)n(C[C@H](C)OC(C)=O)c2c1)CP(C)(C)=O. The Morgan fingerprint density at radius 3 is 2.34 bits per heavy atom. The zero-order chi connectivity index (χ0) is 32.0. The standard InChI is InChI=1S/C32H41N4O7P/c1-6-7-8-13-30(38)34(21-44(4,5)41)16-17-42-24-14-15-27-28(18-24)35(19-22(2)43-23(3)37)29(33-27)20-36-31(39)25-11-9-10-12-26(25)32(36)40/h9-12,14-15,18,22H,6-8,13,16-17,19-21H2,1-5H3/t22-/m0/s1. The predicted octanol–water partition coefficient (Wildman–Crippen LogP) is 5.15. The van der Waals surface area contributed by atoms with E-state index in [2.05, 4.69) is 6.92 Å². The third kappa shape index (κ3) is 8.14. The maximum Gasteiger partial charge on any atom is 0.302 e. The number of nitrogens with zero attached hydrogens (tertiary/aromatic N) is 4. The molecule has 0 fully saturated rings. The Morgan fingerprint density at radius 1 is 1.05 bits per heavy atom. The zero-order valence-corrected chi connectivity index (χ0v) is 27.0. The van der Waals surface area contributed by atoms with Gasteiger partial charge in [0.05, 0.1) is 48.1 Å². The summed E-state index contributed by atoms with van der Waals surface area (Å²) in [4.78, 5) is 58.2. The topological polar surface area (TPSA) is 128 Å². The van der Waals surface area contributed by atoms with E-state index in [0.29, 0.717) is 46.7 Å². The van der Waals surface area contributed by atoms with Gasteiger partial charge in [-0.15, -0.1) is 0 Å². The van der Waals surface area contributed by atoms with Gasteiger partial charge in [-0.3, -0.25) is 24.1 Å². The second-order valence-corrected chi connectivity index (χ2v) is 15.1. The van der Waals surface area contributed by atoms with Crippen LogP contribution < -0.4 is 4.74 Å². The Hall–Kier alpha value is -3.98. The van der Waals surface area contributed by atoms with Crippen molar-refractivity contribution in [1.29, 1.82) is 0 Å². The number of rotatable bonds is 15. The molecule has 0 unspecified atom stereocenters. The van der Waals surface area contributed by atoms with Gasteiger partial charge in [-0.25, -0.2) is 4.98 Å². The molecule has 44 heavy (non-hydrogen) atoms. The highest BCUT2D eigenvalue weighted by molar-refractivity contribution is 7.62. The van der Waals surface area contributed by atoms with Crippen LogP contribution in [0.3, 0.4) is 0 Å². The Bertz CT molecular complexity index is 1560. The van der Waals surface area contributed by atoms with Crippen molar-refractivity contribution in [1.82, 2.24) is 19.4 Å². The summed E-state index contributed by atoms with van der Waals surface area (Å²) in [5.41, 5.74) is 1.99. The number of ether oxygens (including phenoxy) is 2. The van der Waals surface area contributed by atoms with Crippen LogP contribution in [0.4, 0.5) is 0 Å². The lowest BCUT2D eigenvalue weighted by molar-refractivity contribution is -0.146. The Balaban J connectivity index is 1.56. The molecule has 4 rings (SSSR count). The fourth-order valence-electron chi connectivity index (χ4n) is 5.31. The van der Waals surface area contributed by atoms with E-state index in [4.69, 9.17) is 14.5 Å². The van der Waals surface area contributed by atoms with Gasteiger partial charge < -0.3 is 23.5 Å². The van der Waals surface area contributed by atoms with Gasteiger partial charge in [0.15, 0.2) is 0 Å². The van der Waals surface area contributed by atoms with Crippen molar-refractivity contribution in [2.45, 2.75) is 65.6 Å². The van der Waals surface area contributed by atoms with E-state index in [-0.39, 0.29) is 31.9 Å². The van der Waals surface area contributed by atoms with Crippen molar-refractivity contribution in [3.05, 3.63) is 59.4 Å². The molecule has 11 nitrogen and oxygen atoms in total. The predicted molar refractivity (Wildman–Crippen MR) is 167 cm³/mol. The van der Waals surface area contributed by atoms with Crippen molar-refractivity contribution in [2.24, 2.45) is 0 Å². The summed E-state index contributed by atoms with van der Waals surface area (Å²) in [5, 5.41) is 0. The minimum absolute atomic E-state index is 0.0308. The molecule has 0 saturated carbocycles. The summed E-state index contributed by atoms with van der Waals surface area (Å²) in [5.74, 6) is -0.253. The van der Waals surface area contributed by atoms with Crippen LogP contribution in [-0.4, -0.2) is 81.9 Å². The third-order valence-electron chi connectivity index (χ3n) is 7.27. The van der Waals surface area contributed by atoms with E-state index in [9.17, 15) is 23.7 Å². The van der Waals surface area contributed by atoms with Crippen LogP contribution in [0.1, 0.15) is 73.0 Å². The number of unbranched alkanes of at least 4 members (excludes halogenated alkanes) is 2. The van der Waals surface area contributed by atoms with Crippen molar-refractivity contribution in [3.8, 4) is 5.75 Å². The molecule has 1 aliphatic rings. The van der Waals surface area contributed by atoms with Crippen LogP contribution >= 0.6 is 7.14 Å². The minimum Gasteiger partial charge on any atom is -0.492 e. The molecule has 1 aliphatic heterocycles. The Labute approximate surface area is 257 Å². The molecule has 0 saturated heterocycles. The van der Waals surface area contributed by atoms with Crippen molar-refractivity contribution in [2.75, 3.05) is 32.8 Å². The van der Waals surface area contributed by atoms with Gasteiger partial charge in [-0.2, -0.15) is 0 Å². The first-order valence-corrected chi connectivity index (χ1v) is 17.7. The lowest BCUT2D eigenvalue weighted by Crippen LogP contribution is -2.35. The van der Waals surface area contributed by atoms with Crippen LogP contribution in [0, 0.1) is 0 Å². The van der Waals surface area contributed by atoms with Crippen LogP contribution in [0.5, 0.6) is 5.75 Å². The summed E-state index contributed by atoms with van der Waals surface area (Å²) < 4.78 is 25.8. The molecule has 0 N–H and O–H groups in total. The molecule has 12 heteroatoms. The molecule has 3 aromatic rings. The number of benzene rings is 2. The van der Waals surface area contributed by atoms with Gasteiger partial charge in [-0.1, -0.05) is 31.9 Å². The van der Waals surface area contributed by atoms with Crippen LogP contribution in [0.15, 0.2) is 42.5 Å². The molecule has 1 atom stereocenters. The molecule has 3 amide bonds. The number of aromatic nitrogens is 2. The summed E-state index contributed by atoms with van der Waals surface area (Å²) >= 11 is 0. The molecule has 0 aliphatic carbocycles. The Morgan fingerprint density at radius 2 is 1.73 bits per heavy atom. The van der Waals surface area contributed by atoms with E-state index in [1.54, 1.807) is 67.6 Å². The number of fused-ring (bicyclic) bond motifs is 2. The summed E-state index contributed by atoms with van der Waals surface area (Å²) in [6.07, 6.45) is 2.86. The fourth-order valence-corrected chi connectivity index (χ4v) is 6.43. The third-order valence-corrected chi connectivity index (χ3v) is 8.29. The minimum atomic E-state index is -2.48. The molecule has 2 heterocycles. The van der Waals surface area contributed by atoms with Gasteiger partial charge in [0.25, 0.3) is 11.8 Å². The van der Waals surface area contributed by atoms with E-state index >= 15 is 0 Å². The first-order chi connectivity index (χ1) is 20.9. The Kier molecular flexibility index (Phi) is 10.6. The fraction of sp³-hybridized carbons (Fsp3) is 0.469. The van der Waals surface area contributed by atoms with Gasteiger partial charge in [-0.05, 0) is 50.9 Å². The maximum atomic E-state index is 13.1. The van der Waals surface area contributed by atoms with Crippen molar-refractivity contribution < 1.29 is 33.2 Å². The molecule has 0 spiro atoms. The number of imidazole rings is 1. The van der Waals surface area contributed by atoms with E-state index < -0.39 is 31.0 Å². The molecular weight excluding hydrogens is 583 g/mol. The van der Waals surface area contributed by atoms with Crippen LogP contribution in [0.25, 0.3) is 11.0 Å². The first-order valence-electron chi connectivity index (χ1n) is 14.9. The number of hydrogen-bond donors (Lipinski definition) is 0. The molecule has 1 aromatic heterocycles. The van der Waals surface area contributed by atoms with Crippen LogP contribution in [-0.2, 0) is 32.0 Å². The summed E-state index contributed by atoms with van der Waals surface area (Å²) in [6.45, 7) is 9.18. The largest absolute Gasteiger partial charge is 0.492 e. The van der Waals surface area contributed by atoms with Crippen molar-refractivity contribution in [3.63, 3.8) is 0 Å². The van der Waals surface area contributed by atoms with Gasteiger partial charge in [0.1, 0.15) is 31.4 Å². The van der Waals surface area contributed by atoms with E-state index in [1.165, 1.54) is 11.8 Å². The quantitative estimate of drug-likeness (QED) is 0.0983. The van der Waals surface area contributed by atoms with Gasteiger partial charge in [0.2, 0.25) is 5.91 Å². The highest BCUT2D eigenvalue weighted by Crippen LogP contribution is 2.36. The summed E-state index contributed by atoms with van der Waals surface area (Å²) in [7, 11) is -2.48.